The Morgan fingerprint density at radius 1 is 1.00 bits per heavy atom. The third-order valence-corrected chi connectivity index (χ3v) is 7.61. The van der Waals surface area contributed by atoms with Crippen LogP contribution in [0.4, 0.5) is 11.4 Å². The molecule has 0 atom stereocenters. The highest BCUT2D eigenvalue weighted by Crippen LogP contribution is 2.37. The summed E-state index contributed by atoms with van der Waals surface area (Å²) < 4.78 is 34.0. The lowest BCUT2D eigenvalue weighted by molar-refractivity contribution is -0.119. The average molecular weight is 463 g/mol. The van der Waals surface area contributed by atoms with E-state index in [0.717, 1.165) is 53.8 Å². The van der Waals surface area contributed by atoms with Crippen LogP contribution >= 0.6 is 0 Å². The number of fused-ring (bicyclic) bond motifs is 1. The van der Waals surface area contributed by atoms with E-state index in [1.54, 1.807) is 43.5 Å². The molecule has 1 aliphatic carbocycles. The Hall–Kier alpha value is -3.32. The van der Waals surface area contributed by atoms with Crippen LogP contribution in [0.15, 0.2) is 71.6 Å². The Morgan fingerprint density at radius 2 is 1.79 bits per heavy atom. The molecule has 5 rings (SSSR count). The number of rotatable bonds is 6. The first-order valence-corrected chi connectivity index (χ1v) is 12.6. The van der Waals surface area contributed by atoms with Crippen LogP contribution in [0.1, 0.15) is 24.8 Å². The van der Waals surface area contributed by atoms with Gasteiger partial charge in [0.25, 0.3) is 10.0 Å². The summed E-state index contributed by atoms with van der Waals surface area (Å²) in [6.45, 7) is 0.685. The van der Waals surface area contributed by atoms with E-state index < -0.39 is 10.0 Å². The number of anilines is 2. The molecule has 0 aromatic heterocycles. The second kappa shape index (κ2) is 8.56. The van der Waals surface area contributed by atoms with Gasteiger partial charge in [-0.1, -0.05) is 30.3 Å². The van der Waals surface area contributed by atoms with Crippen LogP contribution in [-0.2, 0) is 21.2 Å². The van der Waals surface area contributed by atoms with Crippen molar-refractivity contribution in [2.75, 3.05) is 23.3 Å². The van der Waals surface area contributed by atoms with Crippen molar-refractivity contribution in [3.05, 3.63) is 72.3 Å². The lowest BCUT2D eigenvalue weighted by atomic mass is 10.0. The highest BCUT2D eigenvalue weighted by atomic mass is 32.2. The number of aryl methyl sites for hydroxylation is 1. The lowest BCUT2D eigenvalue weighted by Gasteiger charge is -2.30. The fraction of sp³-hybridized carbons (Fsp3) is 0.269. The van der Waals surface area contributed by atoms with Crippen molar-refractivity contribution < 1.29 is 17.9 Å². The number of carbonyl (C=O) groups is 1. The van der Waals surface area contributed by atoms with E-state index in [0.29, 0.717) is 12.2 Å². The van der Waals surface area contributed by atoms with Gasteiger partial charge in [0.1, 0.15) is 5.75 Å². The highest BCUT2D eigenvalue weighted by Gasteiger charge is 2.35. The van der Waals surface area contributed by atoms with Crippen LogP contribution in [0.25, 0.3) is 11.1 Å². The van der Waals surface area contributed by atoms with Gasteiger partial charge in [-0.05, 0) is 78.8 Å². The average Bonchev–Trinajstić information content (AvgIpc) is 3.69. The predicted octanol–water partition coefficient (Wildman–Crippen LogP) is 4.85. The van der Waals surface area contributed by atoms with Crippen molar-refractivity contribution in [3.8, 4) is 16.9 Å². The van der Waals surface area contributed by atoms with E-state index in [-0.39, 0.29) is 16.7 Å². The van der Waals surface area contributed by atoms with Crippen LogP contribution in [0, 0.1) is 5.92 Å². The SMILES string of the molecule is COc1cccc(-c2ccc(S(=O)(=O)Nc3ccc4c(c3)N(C(=O)C3CC3)CCC4)cc2)c1. The molecule has 0 spiro atoms. The maximum atomic E-state index is 13.0. The first-order valence-electron chi connectivity index (χ1n) is 11.2. The summed E-state index contributed by atoms with van der Waals surface area (Å²) >= 11 is 0. The van der Waals surface area contributed by atoms with Crippen LogP contribution in [-0.4, -0.2) is 28.0 Å². The zero-order valence-corrected chi connectivity index (χ0v) is 19.3. The van der Waals surface area contributed by atoms with Crippen molar-refractivity contribution in [1.29, 1.82) is 0 Å². The van der Waals surface area contributed by atoms with Gasteiger partial charge in [-0.3, -0.25) is 9.52 Å². The Morgan fingerprint density at radius 3 is 2.52 bits per heavy atom. The summed E-state index contributed by atoms with van der Waals surface area (Å²) in [7, 11) is -2.16. The van der Waals surface area contributed by atoms with E-state index in [1.807, 2.05) is 35.2 Å². The molecule has 0 radical (unpaired) electrons. The van der Waals surface area contributed by atoms with Crippen LogP contribution in [0.3, 0.4) is 0 Å². The minimum atomic E-state index is -3.77. The number of ether oxygens (including phenoxy) is 1. The molecule has 33 heavy (non-hydrogen) atoms. The van der Waals surface area contributed by atoms with Crippen LogP contribution < -0.4 is 14.4 Å². The first kappa shape index (κ1) is 21.5. The fourth-order valence-corrected chi connectivity index (χ4v) is 5.31. The molecule has 0 saturated heterocycles. The Balaban J connectivity index is 1.38. The number of hydrogen-bond acceptors (Lipinski definition) is 4. The van der Waals surface area contributed by atoms with Gasteiger partial charge in [0.05, 0.1) is 17.7 Å². The highest BCUT2D eigenvalue weighted by molar-refractivity contribution is 7.92. The van der Waals surface area contributed by atoms with Gasteiger partial charge < -0.3 is 9.64 Å². The number of amides is 1. The Bertz CT molecular complexity index is 1300. The molecular formula is C26H26N2O4S. The van der Waals surface area contributed by atoms with Gasteiger partial charge in [0, 0.05) is 18.2 Å². The van der Waals surface area contributed by atoms with E-state index in [9.17, 15) is 13.2 Å². The van der Waals surface area contributed by atoms with Crippen molar-refractivity contribution in [1.82, 2.24) is 0 Å². The van der Waals surface area contributed by atoms with Crippen LogP contribution in [0.5, 0.6) is 5.75 Å². The molecular weight excluding hydrogens is 436 g/mol. The molecule has 3 aromatic carbocycles. The van der Waals surface area contributed by atoms with Gasteiger partial charge in [0.15, 0.2) is 0 Å². The summed E-state index contributed by atoms with van der Waals surface area (Å²) in [4.78, 5) is 14.7. The minimum absolute atomic E-state index is 0.124. The third kappa shape index (κ3) is 4.46. The van der Waals surface area contributed by atoms with Crippen molar-refractivity contribution in [2.24, 2.45) is 5.92 Å². The van der Waals surface area contributed by atoms with Gasteiger partial charge in [-0.25, -0.2) is 8.42 Å². The Labute approximate surface area is 194 Å². The molecule has 0 bridgehead atoms. The number of carbonyl (C=O) groups excluding carboxylic acids is 1. The molecule has 1 amide bonds. The number of hydrogen-bond donors (Lipinski definition) is 1. The molecule has 1 saturated carbocycles. The van der Waals surface area contributed by atoms with E-state index in [4.69, 9.17) is 4.74 Å². The molecule has 0 unspecified atom stereocenters. The summed E-state index contributed by atoms with van der Waals surface area (Å²) in [6.07, 6.45) is 3.71. The van der Waals surface area contributed by atoms with E-state index in [2.05, 4.69) is 4.72 Å². The zero-order chi connectivity index (χ0) is 23.0. The number of nitrogens with one attached hydrogen (secondary N) is 1. The van der Waals surface area contributed by atoms with Gasteiger partial charge in [-0.15, -0.1) is 0 Å². The smallest absolute Gasteiger partial charge is 0.261 e. The Kier molecular flexibility index (Phi) is 5.58. The minimum Gasteiger partial charge on any atom is -0.497 e. The van der Waals surface area contributed by atoms with Crippen molar-refractivity contribution >= 4 is 27.3 Å². The molecule has 170 valence electrons. The summed E-state index contributed by atoms with van der Waals surface area (Å²) in [6, 6.07) is 19.9. The molecule has 1 heterocycles. The second-order valence-electron chi connectivity index (χ2n) is 8.57. The summed E-state index contributed by atoms with van der Waals surface area (Å²) in [5.41, 5.74) is 4.21. The largest absolute Gasteiger partial charge is 0.497 e. The molecule has 1 N–H and O–H groups in total. The predicted molar refractivity (Wildman–Crippen MR) is 129 cm³/mol. The third-order valence-electron chi connectivity index (χ3n) is 6.22. The molecule has 1 aliphatic heterocycles. The second-order valence-corrected chi connectivity index (χ2v) is 10.3. The summed E-state index contributed by atoms with van der Waals surface area (Å²) in [5.74, 6) is 1.02. The maximum Gasteiger partial charge on any atom is 0.261 e. The topological polar surface area (TPSA) is 75.7 Å². The quantitative estimate of drug-likeness (QED) is 0.568. The normalized spacial score (nSPS) is 15.6. The van der Waals surface area contributed by atoms with E-state index >= 15 is 0 Å². The molecule has 2 aliphatic rings. The lowest BCUT2D eigenvalue weighted by Crippen LogP contribution is -2.36. The van der Waals surface area contributed by atoms with Gasteiger partial charge in [0.2, 0.25) is 5.91 Å². The molecule has 1 fully saturated rings. The first-order chi connectivity index (χ1) is 15.9. The van der Waals surface area contributed by atoms with Gasteiger partial charge >= 0.3 is 0 Å². The number of sulfonamides is 1. The number of nitrogens with zero attached hydrogens (tertiary/aromatic N) is 1. The summed E-state index contributed by atoms with van der Waals surface area (Å²) in [5, 5.41) is 0. The monoisotopic (exact) mass is 462 g/mol. The molecule has 6 nitrogen and oxygen atoms in total. The van der Waals surface area contributed by atoms with Crippen molar-refractivity contribution in [3.63, 3.8) is 0 Å². The maximum absolute atomic E-state index is 13.0. The van der Waals surface area contributed by atoms with Crippen molar-refractivity contribution in [2.45, 2.75) is 30.6 Å². The standard InChI is InChI=1S/C26H26N2O4S/c1-32-23-6-2-4-21(16-23)18-10-13-24(14-11-18)33(30,31)27-22-12-9-19-5-3-15-28(25(19)17-22)26(29)20-7-8-20/h2,4,6,9-14,16-17,20,27H,3,5,7-8,15H2,1H3. The van der Waals surface area contributed by atoms with Gasteiger partial charge in [-0.2, -0.15) is 0 Å². The van der Waals surface area contributed by atoms with Crippen LogP contribution in [0.2, 0.25) is 0 Å². The molecule has 7 heteroatoms. The van der Waals surface area contributed by atoms with E-state index in [1.165, 1.54) is 0 Å². The fourth-order valence-electron chi connectivity index (χ4n) is 4.26. The molecule has 3 aromatic rings. The zero-order valence-electron chi connectivity index (χ0n) is 18.5. The number of methoxy groups -OCH3 is 1. The number of benzene rings is 3.